The summed E-state index contributed by atoms with van der Waals surface area (Å²) in [6.45, 7) is 0.238. The SMILES string of the molecule is COC(=O)Nc1c(N)nc(-c2nn(Cc3ccc(F)cc3)c3ncc(F)cc23)nc1N. The fourth-order valence-corrected chi connectivity index (χ4v) is 2.96. The summed E-state index contributed by atoms with van der Waals surface area (Å²) >= 11 is 0. The van der Waals surface area contributed by atoms with Gasteiger partial charge in [-0.05, 0) is 23.8 Å². The van der Waals surface area contributed by atoms with Gasteiger partial charge in [0.1, 0.15) is 23.0 Å². The van der Waals surface area contributed by atoms with E-state index in [0.717, 1.165) is 11.8 Å². The van der Waals surface area contributed by atoms with Gasteiger partial charge >= 0.3 is 6.09 Å². The highest BCUT2D eigenvalue weighted by Crippen LogP contribution is 2.30. The van der Waals surface area contributed by atoms with E-state index in [4.69, 9.17) is 11.5 Å². The first kappa shape index (κ1) is 19.9. The maximum absolute atomic E-state index is 13.9. The minimum absolute atomic E-state index is 0.0145. The molecule has 0 bridgehead atoms. The summed E-state index contributed by atoms with van der Waals surface area (Å²) in [5.41, 5.74) is 13.1. The third-order valence-corrected chi connectivity index (χ3v) is 4.39. The molecule has 4 rings (SSSR count). The zero-order chi connectivity index (χ0) is 22.1. The first-order valence-electron chi connectivity index (χ1n) is 8.90. The topological polar surface area (TPSA) is 147 Å². The number of anilines is 3. The predicted molar refractivity (Wildman–Crippen MR) is 109 cm³/mol. The lowest BCUT2D eigenvalue weighted by Crippen LogP contribution is -2.16. The number of aromatic nitrogens is 5. The average molecular weight is 426 g/mol. The van der Waals surface area contributed by atoms with Gasteiger partial charge in [-0.15, -0.1) is 0 Å². The number of rotatable bonds is 4. The Balaban J connectivity index is 1.81. The number of benzene rings is 1. The number of carbonyl (C=O) groups is 1. The Hall–Kier alpha value is -4.35. The van der Waals surface area contributed by atoms with Crippen molar-refractivity contribution in [2.24, 2.45) is 0 Å². The smallest absolute Gasteiger partial charge is 0.411 e. The van der Waals surface area contributed by atoms with Crippen LogP contribution in [0.25, 0.3) is 22.6 Å². The molecule has 0 aliphatic heterocycles. The minimum atomic E-state index is -0.796. The predicted octanol–water partition coefficient (Wildman–Crippen LogP) is 2.56. The highest BCUT2D eigenvalue weighted by Gasteiger charge is 2.20. The summed E-state index contributed by atoms with van der Waals surface area (Å²) in [6, 6.07) is 7.10. The number of carbonyl (C=O) groups excluding carboxylic acids is 1. The van der Waals surface area contributed by atoms with Gasteiger partial charge in [0.2, 0.25) is 0 Å². The van der Waals surface area contributed by atoms with Gasteiger partial charge in [-0.3, -0.25) is 5.32 Å². The van der Waals surface area contributed by atoms with Gasteiger partial charge in [-0.1, -0.05) is 12.1 Å². The van der Waals surface area contributed by atoms with Crippen molar-refractivity contribution in [2.45, 2.75) is 6.54 Å². The van der Waals surface area contributed by atoms with Crippen molar-refractivity contribution in [3.05, 3.63) is 53.7 Å². The van der Waals surface area contributed by atoms with Crippen molar-refractivity contribution in [1.82, 2.24) is 24.7 Å². The van der Waals surface area contributed by atoms with Crippen LogP contribution in [0, 0.1) is 11.6 Å². The number of nitrogens with two attached hydrogens (primary N) is 2. The Morgan fingerprint density at radius 2 is 1.81 bits per heavy atom. The van der Waals surface area contributed by atoms with Gasteiger partial charge in [-0.2, -0.15) is 5.10 Å². The molecule has 0 aliphatic carbocycles. The van der Waals surface area contributed by atoms with Crippen LogP contribution in [-0.4, -0.2) is 37.9 Å². The highest BCUT2D eigenvalue weighted by atomic mass is 19.1. The van der Waals surface area contributed by atoms with Gasteiger partial charge in [0, 0.05) is 0 Å². The lowest BCUT2D eigenvalue weighted by molar-refractivity contribution is 0.187. The molecule has 31 heavy (non-hydrogen) atoms. The molecule has 0 radical (unpaired) electrons. The first-order chi connectivity index (χ1) is 14.9. The molecule has 3 aromatic heterocycles. The van der Waals surface area contributed by atoms with E-state index in [2.05, 4.69) is 30.1 Å². The van der Waals surface area contributed by atoms with E-state index in [1.807, 2.05) is 0 Å². The van der Waals surface area contributed by atoms with Crippen LogP contribution < -0.4 is 16.8 Å². The van der Waals surface area contributed by atoms with E-state index >= 15 is 0 Å². The lowest BCUT2D eigenvalue weighted by atomic mass is 10.2. The van der Waals surface area contributed by atoms with Crippen LogP contribution in [0.5, 0.6) is 0 Å². The molecule has 0 fully saturated rings. The van der Waals surface area contributed by atoms with Crippen molar-refractivity contribution in [2.75, 3.05) is 23.9 Å². The largest absolute Gasteiger partial charge is 0.453 e. The minimum Gasteiger partial charge on any atom is -0.453 e. The maximum atomic E-state index is 13.9. The number of pyridine rings is 1. The molecule has 0 saturated heterocycles. The van der Waals surface area contributed by atoms with Crippen molar-refractivity contribution in [1.29, 1.82) is 0 Å². The number of halogens is 2. The van der Waals surface area contributed by atoms with Crippen LogP contribution in [0.2, 0.25) is 0 Å². The summed E-state index contributed by atoms with van der Waals surface area (Å²) < 4.78 is 33.2. The molecule has 10 nitrogen and oxygen atoms in total. The molecule has 3 heterocycles. The number of nitrogens with zero attached hydrogens (tertiary/aromatic N) is 5. The van der Waals surface area contributed by atoms with Crippen LogP contribution in [-0.2, 0) is 11.3 Å². The quantitative estimate of drug-likeness (QED) is 0.451. The second kappa shape index (κ2) is 7.82. The van der Waals surface area contributed by atoms with E-state index in [0.29, 0.717) is 11.0 Å². The molecule has 0 saturated carbocycles. The van der Waals surface area contributed by atoms with Crippen LogP contribution in [0.1, 0.15) is 5.56 Å². The molecular weight excluding hydrogens is 410 g/mol. The summed E-state index contributed by atoms with van der Waals surface area (Å²) in [7, 11) is 1.18. The Bertz CT molecular complexity index is 1270. The number of methoxy groups -OCH3 is 1. The highest BCUT2D eigenvalue weighted by molar-refractivity contribution is 5.94. The monoisotopic (exact) mass is 426 g/mol. The number of amides is 1. The fraction of sp³-hybridized carbons (Fsp3) is 0.105. The summed E-state index contributed by atoms with van der Waals surface area (Å²) in [6.07, 6.45) is 0.261. The van der Waals surface area contributed by atoms with Crippen LogP contribution >= 0.6 is 0 Å². The second-order valence-corrected chi connectivity index (χ2v) is 6.47. The van der Waals surface area contributed by atoms with E-state index in [1.54, 1.807) is 12.1 Å². The number of fused-ring (bicyclic) bond motifs is 1. The third-order valence-electron chi connectivity index (χ3n) is 4.39. The van der Waals surface area contributed by atoms with Crippen molar-refractivity contribution in [3.8, 4) is 11.5 Å². The van der Waals surface area contributed by atoms with Gasteiger partial charge in [0.15, 0.2) is 23.1 Å². The van der Waals surface area contributed by atoms with E-state index in [9.17, 15) is 13.6 Å². The van der Waals surface area contributed by atoms with E-state index in [1.165, 1.54) is 30.0 Å². The van der Waals surface area contributed by atoms with Gasteiger partial charge in [0.05, 0.1) is 25.2 Å². The molecule has 12 heteroatoms. The zero-order valence-corrected chi connectivity index (χ0v) is 16.1. The molecule has 0 spiro atoms. The summed E-state index contributed by atoms with van der Waals surface area (Å²) in [4.78, 5) is 23.9. The standard InChI is InChI=1S/C19H16F2N8O2/c1-31-19(30)25-14-15(22)26-17(27-16(14)23)13-12-6-11(21)7-24-18(12)29(28-13)8-9-2-4-10(20)5-3-9/h2-7H,8H2,1H3,(H,25,30)(H4,22,23,26,27). The van der Waals surface area contributed by atoms with Gasteiger partial charge in [-0.25, -0.2) is 33.2 Å². The summed E-state index contributed by atoms with van der Waals surface area (Å²) in [5.74, 6) is -1.19. The molecule has 158 valence electrons. The van der Waals surface area contributed by atoms with Crippen LogP contribution in [0.3, 0.4) is 0 Å². The average Bonchev–Trinajstić information content (AvgIpc) is 3.09. The molecule has 5 N–H and O–H groups in total. The number of nitrogens with one attached hydrogen (secondary N) is 1. The Morgan fingerprint density at radius 1 is 1.13 bits per heavy atom. The van der Waals surface area contributed by atoms with Crippen molar-refractivity contribution < 1.29 is 18.3 Å². The molecule has 0 aliphatic rings. The first-order valence-corrected chi connectivity index (χ1v) is 8.90. The Kier molecular flexibility index (Phi) is 5.03. The molecule has 1 amide bonds. The molecule has 0 unspecified atom stereocenters. The Labute approximate surface area is 173 Å². The normalized spacial score (nSPS) is 10.9. The van der Waals surface area contributed by atoms with Gasteiger partial charge < -0.3 is 16.2 Å². The van der Waals surface area contributed by atoms with E-state index < -0.39 is 11.9 Å². The van der Waals surface area contributed by atoms with Crippen molar-refractivity contribution in [3.63, 3.8) is 0 Å². The fourth-order valence-electron chi connectivity index (χ4n) is 2.96. The Morgan fingerprint density at radius 3 is 2.45 bits per heavy atom. The third kappa shape index (κ3) is 3.90. The molecule has 1 aromatic carbocycles. The number of nitrogen functional groups attached to an aromatic ring is 2. The number of hydrogen-bond acceptors (Lipinski definition) is 8. The second-order valence-electron chi connectivity index (χ2n) is 6.47. The van der Waals surface area contributed by atoms with Gasteiger partial charge in [0.25, 0.3) is 0 Å². The van der Waals surface area contributed by atoms with Crippen LogP contribution in [0.4, 0.5) is 30.9 Å². The number of ether oxygens (including phenoxy) is 1. The molecule has 0 atom stereocenters. The lowest BCUT2D eigenvalue weighted by Gasteiger charge is -2.10. The van der Waals surface area contributed by atoms with Crippen molar-refractivity contribution >= 4 is 34.4 Å². The maximum Gasteiger partial charge on any atom is 0.411 e. The molecular formula is C19H16F2N8O2. The zero-order valence-electron chi connectivity index (χ0n) is 16.1. The number of hydrogen-bond donors (Lipinski definition) is 3. The van der Waals surface area contributed by atoms with Crippen LogP contribution in [0.15, 0.2) is 36.5 Å². The molecule has 4 aromatic rings. The summed E-state index contributed by atoms with van der Waals surface area (Å²) in [5, 5.41) is 7.11. The van der Waals surface area contributed by atoms with E-state index in [-0.39, 0.29) is 41.2 Å².